The van der Waals surface area contributed by atoms with Crippen molar-refractivity contribution < 1.29 is 14.3 Å². The lowest BCUT2D eigenvalue weighted by Gasteiger charge is -2.47. The summed E-state index contributed by atoms with van der Waals surface area (Å²) in [5, 5.41) is 13.1. The van der Waals surface area contributed by atoms with E-state index in [4.69, 9.17) is 9.84 Å². The molecule has 0 fully saturated rings. The van der Waals surface area contributed by atoms with E-state index in [0.29, 0.717) is 48.1 Å². The normalized spacial score (nSPS) is 17.1. The van der Waals surface area contributed by atoms with Gasteiger partial charge in [-0.05, 0) is 31.2 Å². The van der Waals surface area contributed by atoms with E-state index in [1.54, 1.807) is 0 Å². The largest absolute Gasteiger partial charge is 0.492 e. The number of ether oxygens (including phenoxy) is 1. The van der Waals surface area contributed by atoms with Crippen LogP contribution in [0.2, 0.25) is 0 Å². The molecule has 0 bridgehead atoms. The molecule has 1 aliphatic heterocycles. The molecule has 1 N–H and O–H groups in total. The number of anilines is 2. The van der Waals surface area contributed by atoms with E-state index in [9.17, 15) is 9.59 Å². The van der Waals surface area contributed by atoms with Gasteiger partial charge in [0, 0.05) is 25.6 Å². The third-order valence-corrected chi connectivity index (χ3v) is 6.17. The maximum atomic E-state index is 14.7. The first-order valence-corrected chi connectivity index (χ1v) is 12.6. The molecule has 0 saturated carbocycles. The number of hydrogen-bond acceptors (Lipinski definition) is 6. The highest BCUT2D eigenvalue weighted by molar-refractivity contribution is 6.31. The highest BCUT2D eigenvalue weighted by atomic mass is 16.5. The number of hydrogen-bond donors (Lipinski definition) is 1. The molecule has 0 saturated heterocycles. The van der Waals surface area contributed by atoms with Crippen LogP contribution in [0.4, 0.5) is 11.4 Å². The fourth-order valence-electron chi connectivity index (χ4n) is 4.65. The van der Waals surface area contributed by atoms with Crippen LogP contribution in [0.3, 0.4) is 0 Å². The first-order chi connectivity index (χ1) is 18.0. The average molecular weight is 500 g/mol. The van der Waals surface area contributed by atoms with Gasteiger partial charge in [-0.15, -0.1) is 0 Å². The summed E-state index contributed by atoms with van der Waals surface area (Å²) in [6, 6.07) is 26.3. The van der Waals surface area contributed by atoms with Gasteiger partial charge < -0.3 is 10.1 Å². The number of benzene rings is 3. The quantitative estimate of drug-likeness (QED) is 0.330. The third kappa shape index (κ3) is 4.80. The van der Waals surface area contributed by atoms with Gasteiger partial charge in [0.25, 0.3) is 5.66 Å². The molecule has 0 radical (unpaired) electrons. The number of nitrogens with zero attached hydrogens (tertiary/aromatic N) is 4. The molecular weight excluding hydrogens is 466 g/mol. The molecule has 0 aromatic heterocycles. The molecule has 1 heterocycles. The van der Waals surface area contributed by atoms with Crippen molar-refractivity contribution >= 4 is 28.9 Å². The number of nitrogens with one attached hydrogen (secondary N) is 1. The van der Waals surface area contributed by atoms with E-state index in [2.05, 4.69) is 5.32 Å². The number of amides is 2. The minimum Gasteiger partial charge on any atom is -0.492 e. The van der Waals surface area contributed by atoms with Crippen LogP contribution in [0.25, 0.3) is 0 Å². The van der Waals surface area contributed by atoms with Crippen LogP contribution >= 0.6 is 0 Å². The van der Waals surface area contributed by atoms with Crippen LogP contribution in [0.1, 0.15) is 33.3 Å². The van der Waals surface area contributed by atoms with Crippen molar-refractivity contribution in [3.05, 3.63) is 90.5 Å². The minimum atomic E-state index is -1.68. The van der Waals surface area contributed by atoms with Gasteiger partial charge in [-0.1, -0.05) is 74.5 Å². The number of carbonyl (C=O) groups excluding carboxylic acids is 2. The van der Waals surface area contributed by atoms with Crippen molar-refractivity contribution in [3.63, 3.8) is 0 Å². The van der Waals surface area contributed by atoms with Crippen molar-refractivity contribution in [2.75, 3.05) is 29.7 Å². The van der Waals surface area contributed by atoms with Crippen LogP contribution in [0, 0.1) is 0 Å². The average Bonchev–Trinajstić information content (AvgIpc) is 3.20. The molecule has 3 aromatic carbocycles. The molecule has 1 aliphatic rings. The van der Waals surface area contributed by atoms with Gasteiger partial charge in [0.05, 0.1) is 18.0 Å². The summed E-state index contributed by atoms with van der Waals surface area (Å²) in [4.78, 5) is 27.6. The maximum absolute atomic E-state index is 14.7. The topological polar surface area (TPSA) is 77.5 Å². The van der Waals surface area contributed by atoms with Gasteiger partial charge in [0.1, 0.15) is 11.5 Å². The van der Waals surface area contributed by atoms with E-state index < -0.39 is 11.6 Å². The second kappa shape index (κ2) is 11.3. The second-order valence-electron chi connectivity index (χ2n) is 8.51. The lowest BCUT2D eigenvalue weighted by molar-refractivity contribution is -0.129. The Kier molecular flexibility index (Phi) is 7.89. The Labute approximate surface area is 218 Å². The summed E-state index contributed by atoms with van der Waals surface area (Å²) in [6.07, 6.45) is 0. The molecule has 1 unspecified atom stereocenters. The first kappa shape index (κ1) is 25.9. The number of carbonyl (C=O) groups is 2. The van der Waals surface area contributed by atoms with E-state index in [-0.39, 0.29) is 5.91 Å². The number of para-hydroxylation sites is 3. The van der Waals surface area contributed by atoms with Gasteiger partial charge in [-0.3, -0.25) is 14.6 Å². The Morgan fingerprint density at radius 3 is 2.11 bits per heavy atom. The highest BCUT2D eigenvalue weighted by Crippen LogP contribution is 2.40. The molecule has 3 aromatic rings. The van der Waals surface area contributed by atoms with Crippen molar-refractivity contribution in [3.8, 4) is 5.75 Å². The van der Waals surface area contributed by atoms with E-state index in [0.717, 1.165) is 0 Å². The highest BCUT2D eigenvalue weighted by Gasteiger charge is 2.59. The lowest BCUT2D eigenvalue weighted by Crippen LogP contribution is -2.73. The van der Waals surface area contributed by atoms with Gasteiger partial charge in [0.15, 0.2) is 0 Å². The van der Waals surface area contributed by atoms with Crippen LogP contribution in [-0.2, 0) is 9.59 Å². The Bertz CT molecular complexity index is 1260. The van der Waals surface area contributed by atoms with Gasteiger partial charge >= 0.3 is 5.91 Å². The molecule has 1 atom stereocenters. The summed E-state index contributed by atoms with van der Waals surface area (Å²) in [5.74, 6) is -0.163. The summed E-state index contributed by atoms with van der Waals surface area (Å²) >= 11 is 0. The summed E-state index contributed by atoms with van der Waals surface area (Å²) in [7, 11) is 0. The minimum absolute atomic E-state index is 0.363. The first-order valence-electron chi connectivity index (χ1n) is 12.6. The van der Waals surface area contributed by atoms with Crippen molar-refractivity contribution in [1.82, 2.24) is 10.3 Å². The predicted octanol–water partition coefficient (Wildman–Crippen LogP) is 4.43. The number of rotatable bonds is 10. The Hall–Kier alpha value is -4.17. The molecule has 8 nitrogen and oxygen atoms in total. The molecule has 37 heavy (non-hydrogen) atoms. The number of hydrazine groups is 1. The Morgan fingerprint density at radius 1 is 0.919 bits per heavy atom. The fourth-order valence-corrected chi connectivity index (χ4v) is 4.65. The van der Waals surface area contributed by atoms with Crippen molar-refractivity contribution in [1.29, 1.82) is 0 Å². The van der Waals surface area contributed by atoms with Crippen LogP contribution in [0.15, 0.2) is 90.0 Å². The Balaban J connectivity index is 2.06. The SMILES string of the molecule is CCOc1ccccc1N(N(CC)CC)C1(NC(C)=O)C(=O)N(c2ccccc2)N=C1c1ccccc1. The smallest absolute Gasteiger partial charge is 0.302 e. The molecule has 0 aliphatic carbocycles. The summed E-state index contributed by atoms with van der Waals surface area (Å²) in [5.41, 5.74) is 0.700. The van der Waals surface area contributed by atoms with Gasteiger partial charge in [0.2, 0.25) is 5.91 Å². The van der Waals surface area contributed by atoms with Gasteiger partial charge in [-0.25, -0.2) is 5.01 Å². The maximum Gasteiger partial charge on any atom is 0.302 e. The molecule has 4 rings (SSSR count). The lowest BCUT2D eigenvalue weighted by atomic mass is 9.94. The zero-order chi connectivity index (χ0) is 26.4. The fraction of sp³-hybridized carbons (Fsp3) is 0.276. The van der Waals surface area contributed by atoms with Crippen molar-refractivity contribution in [2.24, 2.45) is 5.10 Å². The summed E-state index contributed by atoms with van der Waals surface area (Å²) < 4.78 is 6.01. The van der Waals surface area contributed by atoms with E-state index in [1.807, 2.05) is 116 Å². The standard InChI is InChI=1S/C29H33N5O3/c1-5-32(6-2)34(25-20-14-15-21-26(25)37-7-3)29(30-22(4)35)27(23-16-10-8-11-17-23)31-33(28(29)36)24-18-12-9-13-19-24/h8-21H,5-7H2,1-4H3,(H,30,35). The van der Waals surface area contributed by atoms with Crippen LogP contribution in [-0.4, -0.2) is 47.9 Å². The van der Waals surface area contributed by atoms with E-state index >= 15 is 0 Å². The second-order valence-corrected chi connectivity index (χ2v) is 8.51. The molecule has 0 spiro atoms. The van der Waals surface area contributed by atoms with Gasteiger partial charge in [-0.2, -0.15) is 10.1 Å². The zero-order valence-corrected chi connectivity index (χ0v) is 21.7. The van der Waals surface area contributed by atoms with Crippen LogP contribution < -0.4 is 20.1 Å². The van der Waals surface area contributed by atoms with E-state index in [1.165, 1.54) is 11.9 Å². The summed E-state index contributed by atoms with van der Waals surface area (Å²) in [6.45, 7) is 8.93. The third-order valence-electron chi connectivity index (χ3n) is 6.17. The molecule has 8 heteroatoms. The van der Waals surface area contributed by atoms with Crippen molar-refractivity contribution in [2.45, 2.75) is 33.4 Å². The predicted molar refractivity (Wildman–Crippen MR) is 146 cm³/mol. The Morgan fingerprint density at radius 2 is 1.51 bits per heavy atom. The van der Waals surface area contributed by atoms with Crippen LogP contribution in [0.5, 0.6) is 5.75 Å². The molecule has 2 amide bonds. The number of hydrazone groups is 1. The molecule has 192 valence electrons. The molecular formula is C29H33N5O3. The zero-order valence-electron chi connectivity index (χ0n) is 21.7. The monoisotopic (exact) mass is 499 g/mol.